The number of nitrogens with one attached hydrogen (secondary N) is 3. The minimum absolute atomic E-state index is 0.125. The monoisotopic (exact) mass is 472 g/mol. The maximum atomic E-state index is 12.5. The molecule has 0 fully saturated rings. The number of rotatable bonds is 7. The molecule has 0 saturated heterocycles. The van der Waals surface area contributed by atoms with Gasteiger partial charge >= 0.3 is 180 Å². The average molecular weight is 472 g/mol. The summed E-state index contributed by atoms with van der Waals surface area (Å²) < 4.78 is 1.58. The van der Waals surface area contributed by atoms with Gasteiger partial charge in [-0.05, 0) is 0 Å². The maximum absolute atomic E-state index is 12.5. The van der Waals surface area contributed by atoms with Crippen LogP contribution in [0.2, 0.25) is 5.02 Å². The quantitative estimate of drug-likeness (QED) is 0.266. The van der Waals surface area contributed by atoms with Gasteiger partial charge in [0.05, 0.1) is 0 Å². The molecule has 3 N–H and O–H groups in total. The first kappa shape index (κ1) is 19.8. The number of anilines is 2. The summed E-state index contributed by atoms with van der Waals surface area (Å²) in [6, 6.07) is 13.9. The number of fused-ring (bicyclic) bond motifs is 1. The summed E-state index contributed by atoms with van der Waals surface area (Å²) in [6.07, 6.45) is 5.73. The Labute approximate surface area is 180 Å². The zero-order chi connectivity index (χ0) is 20.2. The fourth-order valence-electron chi connectivity index (χ4n) is 3.24. The molecule has 7 heteroatoms. The molecule has 4 rings (SSSR count). The number of H-pyrrole nitrogens is 1. The summed E-state index contributed by atoms with van der Waals surface area (Å²) >= 11 is 6.07. The van der Waals surface area contributed by atoms with Crippen molar-refractivity contribution < 1.29 is 4.79 Å². The average Bonchev–Trinajstić information content (AvgIpc) is 3.35. The Bertz CT molecular complexity index is 1130. The number of para-hydroxylation sites is 2. The van der Waals surface area contributed by atoms with Gasteiger partial charge < -0.3 is 0 Å². The Morgan fingerprint density at radius 1 is 1.21 bits per heavy atom. The molecule has 0 unspecified atom stereocenters. The minimum atomic E-state index is -0.138. The van der Waals surface area contributed by atoms with Crippen LogP contribution >= 0.6 is 11.6 Å². The molecule has 148 valence electrons. The van der Waals surface area contributed by atoms with Gasteiger partial charge in [-0.1, -0.05) is 0 Å². The second kappa shape index (κ2) is 8.87. The number of carbonyl (C=O) groups is 1. The Hall–Kier alpha value is -2.53. The Morgan fingerprint density at radius 3 is 2.93 bits per heavy atom. The van der Waals surface area contributed by atoms with Crippen molar-refractivity contribution in [3.8, 4) is 0 Å². The summed E-state index contributed by atoms with van der Waals surface area (Å²) in [7, 11) is 0. The van der Waals surface area contributed by atoms with Gasteiger partial charge in [0.25, 0.3) is 0 Å². The number of hydrogen-bond acceptors (Lipinski definition) is 3. The molecule has 0 radical (unpaired) electrons. The van der Waals surface area contributed by atoms with Crippen LogP contribution in [-0.4, -0.2) is 36.9 Å². The van der Waals surface area contributed by atoms with Crippen molar-refractivity contribution in [3.05, 3.63) is 75.4 Å². The van der Waals surface area contributed by atoms with Crippen LogP contribution in [0.4, 0.5) is 10.4 Å². The van der Waals surface area contributed by atoms with Crippen molar-refractivity contribution in [2.75, 3.05) is 17.2 Å². The molecule has 0 aliphatic heterocycles. The van der Waals surface area contributed by atoms with Crippen molar-refractivity contribution >= 4 is 53.3 Å². The van der Waals surface area contributed by atoms with Crippen LogP contribution in [0.1, 0.15) is 26.8 Å². The Kier molecular flexibility index (Phi) is 6.05. The predicted octanol–water partition coefficient (Wildman–Crippen LogP) is 4.88. The van der Waals surface area contributed by atoms with Gasteiger partial charge in [-0.2, -0.15) is 0 Å². The van der Waals surface area contributed by atoms with E-state index in [2.05, 4.69) is 45.0 Å². The topological polar surface area (TPSA) is 69.8 Å². The van der Waals surface area contributed by atoms with Crippen LogP contribution in [0, 0.1) is 6.92 Å². The van der Waals surface area contributed by atoms with E-state index in [4.69, 9.17) is 11.6 Å². The van der Waals surface area contributed by atoms with Crippen LogP contribution in [0.3, 0.4) is 0 Å². The molecule has 4 aromatic rings. The van der Waals surface area contributed by atoms with E-state index in [0.717, 1.165) is 29.6 Å². The molecule has 2 aromatic heterocycles. The number of aryl methyl sites for hydroxylation is 2. The molecule has 0 aliphatic carbocycles. The van der Waals surface area contributed by atoms with Gasteiger partial charge in [0.2, 0.25) is 0 Å². The van der Waals surface area contributed by atoms with Crippen molar-refractivity contribution in [1.29, 1.82) is 0 Å². The van der Waals surface area contributed by atoms with Crippen molar-refractivity contribution in [2.24, 2.45) is 0 Å². The third-order valence-electron chi connectivity index (χ3n) is 4.76. The number of nitrogens with zero attached hydrogens (tertiary/aromatic N) is 1. The van der Waals surface area contributed by atoms with Crippen LogP contribution in [-0.2, 0) is 6.42 Å². The summed E-state index contributed by atoms with van der Waals surface area (Å²) in [5.41, 5.74) is 4.10. The van der Waals surface area contributed by atoms with E-state index < -0.39 is 0 Å². The summed E-state index contributed by atoms with van der Waals surface area (Å²) in [6.45, 7) is 2.75. The number of halogens is 1. The van der Waals surface area contributed by atoms with Gasteiger partial charge in [-0.3, -0.25) is 0 Å². The van der Waals surface area contributed by atoms with E-state index >= 15 is 0 Å². The van der Waals surface area contributed by atoms with Gasteiger partial charge in [0.15, 0.2) is 0 Å². The third-order valence-corrected chi connectivity index (χ3v) is 7.08. The zero-order valence-corrected chi connectivity index (χ0v) is 18.4. The van der Waals surface area contributed by atoms with Gasteiger partial charge in [-0.15, -0.1) is 0 Å². The van der Waals surface area contributed by atoms with Crippen LogP contribution in [0.15, 0.2) is 54.9 Å². The Balaban J connectivity index is 1.30. The molecule has 0 spiro atoms. The van der Waals surface area contributed by atoms with Crippen LogP contribution in [0.25, 0.3) is 10.9 Å². The molecule has 0 saturated carbocycles. The van der Waals surface area contributed by atoms with Crippen LogP contribution < -0.4 is 10.6 Å². The van der Waals surface area contributed by atoms with Gasteiger partial charge in [-0.25, -0.2) is 0 Å². The molecule has 1 amide bonds. The first-order valence-electron chi connectivity index (χ1n) is 9.43. The molecule has 29 heavy (non-hydrogen) atoms. The van der Waals surface area contributed by atoms with E-state index in [-0.39, 0.29) is 20.4 Å². The first-order valence-corrected chi connectivity index (χ1v) is 11.5. The molecule has 0 bridgehead atoms. The molecule has 0 atom stereocenters. The standard InChI is InChI=1S/C22H21ClN4OSe/c1-14-6-4-9-17(23)20(14)27-21(28)19-13-26-22(29-19)24-11-5-7-15-12-25-18-10-3-2-8-16(15)18/h2-4,6,8-10,12-13,25H,5,7,11H2,1H3,(H,24,26)(H,27,28). The van der Waals surface area contributed by atoms with Crippen molar-refractivity contribution in [3.63, 3.8) is 0 Å². The zero-order valence-electron chi connectivity index (χ0n) is 16.0. The summed E-state index contributed by atoms with van der Waals surface area (Å²) in [5.74, 6) is -0.138. The molecule has 2 heterocycles. The fourth-order valence-corrected chi connectivity index (χ4v) is 5.05. The fraction of sp³-hybridized carbons (Fsp3) is 0.182. The molecule has 2 aromatic carbocycles. The van der Waals surface area contributed by atoms with E-state index in [1.165, 1.54) is 16.5 Å². The van der Waals surface area contributed by atoms with Gasteiger partial charge in [0.1, 0.15) is 0 Å². The van der Waals surface area contributed by atoms with E-state index in [1.807, 2.05) is 25.1 Å². The van der Waals surface area contributed by atoms with Crippen LogP contribution in [0.5, 0.6) is 0 Å². The van der Waals surface area contributed by atoms with Crippen molar-refractivity contribution in [1.82, 2.24) is 9.97 Å². The van der Waals surface area contributed by atoms with Gasteiger partial charge in [0, 0.05) is 0 Å². The number of aromatic amines is 1. The number of aromatic nitrogens is 2. The third kappa shape index (κ3) is 4.56. The number of amides is 1. The number of hydrogen-bond donors (Lipinski definition) is 3. The first-order chi connectivity index (χ1) is 14.1. The molecular formula is C22H21ClN4OSe. The molecular weight excluding hydrogens is 451 g/mol. The Morgan fingerprint density at radius 2 is 2.07 bits per heavy atom. The van der Waals surface area contributed by atoms with E-state index in [1.54, 1.807) is 12.3 Å². The predicted molar refractivity (Wildman–Crippen MR) is 120 cm³/mol. The molecule has 0 aliphatic rings. The number of benzene rings is 2. The second-order valence-corrected chi connectivity index (χ2v) is 9.37. The normalized spacial score (nSPS) is 11.0. The van der Waals surface area contributed by atoms with Crippen molar-refractivity contribution in [2.45, 2.75) is 19.8 Å². The SMILES string of the molecule is Cc1cccc(Cl)c1NC(=O)c1cnc(NCCCc2c[nH]c3ccccc23)[se]1. The molecule has 5 nitrogen and oxygen atoms in total. The van der Waals surface area contributed by atoms with E-state index in [0.29, 0.717) is 15.1 Å². The summed E-state index contributed by atoms with van der Waals surface area (Å²) in [4.78, 5) is 20.2. The second-order valence-electron chi connectivity index (χ2n) is 6.81. The van der Waals surface area contributed by atoms with E-state index in [9.17, 15) is 4.79 Å². The summed E-state index contributed by atoms with van der Waals surface area (Å²) in [5, 5.41) is 8.11. The number of carbonyl (C=O) groups excluding carboxylic acids is 1.